The molecule has 1 saturated heterocycles. The van der Waals surface area contributed by atoms with Gasteiger partial charge >= 0.3 is 5.97 Å². The average Bonchev–Trinajstić information content (AvgIpc) is 2.51. The fraction of sp³-hybridized carbons (Fsp3) is 0.500. The summed E-state index contributed by atoms with van der Waals surface area (Å²) in [6.45, 7) is -0.480. The largest absolute Gasteiger partial charge is 0.467 e. The van der Waals surface area contributed by atoms with Gasteiger partial charge in [0.05, 0.1) is 13.7 Å². The Kier molecular flexibility index (Phi) is 5.56. The van der Waals surface area contributed by atoms with Gasteiger partial charge in [-0.2, -0.15) is 0 Å². The van der Waals surface area contributed by atoms with Gasteiger partial charge in [-0.05, 0) is 24.3 Å². The van der Waals surface area contributed by atoms with Crippen molar-refractivity contribution in [1.29, 1.82) is 0 Å². The van der Waals surface area contributed by atoms with Crippen LogP contribution in [0.2, 0.25) is 0 Å². The van der Waals surface area contributed by atoms with Crippen LogP contribution in [0, 0.1) is 0 Å². The topological polar surface area (TPSA) is 120 Å². The van der Waals surface area contributed by atoms with E-state index in [1.165, 1.54) is 7.11 Å². The van der Waals surface area contributed by atoms with Crippen LogP contribution >= 0.6 is 0 Å². The van der Waals surface area contributed by atoms with Crippen molar-refractivity contribution in [3.05, 3.63) is 24.3 Å². The lowest BCUT2D eigenvalue weighted by atomic mass is 10.1. The number of aliphatic hydroxyl groups is 2. The van der Waals surface area contributed by atoms with E-state index in [9.17, 15) is 15.0 Å². The van der Waals surface area contributed by atoms with Crippen LogP contribution in [0.5, 0.6) is 5.75 Å². The van der Waals surface area contributed by atoms with Crippen LogP contribution < -0.4 is 10.5 Å². The molecule has 0 radical (unpaired) electrons. The number of methoxy groups -OCH3 is 1. The van der Waals surface area contributed by atoms with Gasteiger partial charge in [-0.1, -0.05) is 0 Å². The Bertz CT molecular complexity index is 492. The van der Waals surface area contributed by atoms with E-state index in [4.69, 9.17) is 19.9 Å². The number of nitrogens with two attached hydrogens (primary N) is 1. The first-order valence-corrected chi connectivity index (χ1v) is 6.69. The van der Waals surface area contributed by atoms with Crippen molar-refractivity contribution in [3.8, 4) is 5.75 Å². The number of anilines is 1. The molecule has 122 valence electrons. The number of esters is 1. The Balaban J connectivity index is 1.97. The number of hydrogen-bond acceptors (Lipinski definition) is 8. The summed E-state index contributed by atoms with van der Waals surface area (Å²) < 4.78 is 20.4. The van der Waals surface area contributed by atoms with Gasteiger partial charge in [-0.15, -0.1) is 0 Å². The van der Waals surface area contributed by atoms with E-state index in [0.29, 0.717) is 11.4 Å². The zero-order chi connectivity index (χ0) is 16.1. The summed E-state index contributed by atoms with van der Waals surface area (Å²) in [5, 5.41) is 20.0. The molecular formula is C14H19NO7. The van der Waals surface area contributed by atoms with Crippen molar-refractivity contribution in [2.24, 2.45) is 0 Å². The van der Waals surface area contributed by atoms with E-state index in [1.807, 2.05) is 0 Å². The molecule has 4 atom stereocenters. The second kappa shape index (κ2) is 7.41. The Morgan fingerprint density at radius 2 is 2.05 bits per heavy atom. The summed E-state index contributed by atoms with van der Waals surface area (Å²) in [5.41, 5.74) is 6.15. The van der Waals surface area contributed by atoms with Crippen LogP contribution in [-0.2, 0) is 19.0 Å². The summed E-state index contributed by atoms with van der Waals surface area (Å²) in [6.07, 6.45) is -4.40. The fourth-order valence-corrected chi connectivity index (χ4v) is 1.99. The number of ether oxygens (including phenoxy) is 4. The Morgan fingerprint density at radius 1 is 1.36 bits per heavy atom. The van der Waals surface area contributed by atoms with Gasteiger partial charge in [0, 0.05) is 5.69 Å². The molecule has 2 rings (SSSR count). The molecular weight excluding hydrogens is 294 g/mol. The second-order valence-electron chi connectivity index (χ2n) is 4.80. The van der Waals surface area contributed by atoms with Gasteiger partial charge in [0.1, 0.15) is 30.7 Å². The van der Waals surface area contributed by atoms with Crippen molar-refractivity contribution in [2.45, 2.75) is 24.6 Å². The third-order valence-electron chi connectivity index (χ3n) is 3.18. The van der Waals surface area contributed by atoms with E-state index in [1.54, 1.807) is 24.3 Å². The SMILES string of the molecule is COC(=O)CO[C@H]1C(O)[C@@H](Oc2ccc(N)cc2)OC[C@H]1O. The lowest BCUT2D eigenvalue weighted by Gasteiger charge is -2.37. The van der Waals surface area contributed by atoms with Gasteiger partial charge < -0.3 is 34.9 Å². The van der Waals surface area contributed by atoms with Crippen LogP contribution in [0.1, 0.15) is 0 Å². The van der Waals surface area contributed by atoms with Gasteiger partial charge in [-0.3, -0.25) is 0 Å². The van der Waals surface area contributed by atoms with Crippen LogP contribution in [0.3, 0.4) is 0 Å². The molecule has 1 fully saturated rings. The molecule has 1 aliphatic heterocycles. The normalized spacial score (nSPS) is 28.1. The predicted octanol–water partition coefficient (Wildman–Crippen LogP) is -0.716. The minimum absolute atomic E-state index is 0.0947. The maximum atomic E-state index is 11.1. The zero-order valence-electron chi connectivity index (χ0n) is 12.0. The maximum Gasteiger partial charge on any atom is 0.331 e. The summed E-state index contributed by atoms with van der Waals surface area (Å²) in [5.74, 6) is -0.164. The molecule has 22 heavy (non-hydrogen) atoms. The number of hydrogen-bond donors (Lipinski definition) is 3. The second-order valence-corrected chi connectivity index (χ2v) is 4.80. The standard InChI is InChI=1S/C14H19NO7/c1-19-11(17)7-20-13-10(16)6-21-14(12(13)18)22-9-4-2-8(15)3-5-9/h2-5,10,12-14,16,18H,6-7,15H2,1H3/t10-,12?,13-,14-/m1/s1. The highest BCUT2D eigenvalue weighted by Crippen LogP contribution is 2.23. The minimum Gasteiger partial charge on any atom is -0.467 e. The quantitative estimate of drug-likeness (QED) is 0.481. The van der Waals surface area contributed by atoms with E-state index in [0.717, 1.165) is 0 Å². The number of nitrogen functional groups attached to an aromatic ring is 1. The highest BCUT2D eigenvalue weighted by molar-refractivity contribution is 5.70. The van der Waals surface area contributed by atoms with E-state index < -0.39 is 30.6 Å². The Labute approximate surface area is 127 Å². The van der Waals surface area contributed by atoms with Crippen LogP contribution in [0.4, 0.5) is 5.69 Å². The average molecular weight is 313 g/mol. The first kappa shape index (κ1) is 16.5. The lowest BCUT2D eigenvalue weighted by molar-refractivity contribution is -0.252. The molecule has 1 aliphatic rings. The summed E-state index contributed by atoms with van der Waals surface area (Å²) >= 11 is 0. The molecule has 8 nitrogen and oxygen atoms in total. The van der Waals surface area contributed by atoms with Crippen molar-refractivity contribution in [3.63, 3.8) is 0 Å². The molecule has 4 N–H and O–H groups in total. The number of carbonyl (C=O) groups excluding carboxylic acids is 1. The first-order valence-electron chi connectivity index (χ1n) is 6.69. The summed E-state index contributed by atoms with van der Waals surface area (Å²) in [6, 6.07) is 6.54. The van der Waals surface area contributed by atoms with Crippen LogP contribution in [0.25, 0.3) is 0 Å². The predicted molar refractivity (Wildman–Crippen MR) is 75.0 cm³/mol. The van der Waals surface area contributed by atoms with Gasteiger partial charge in [0.25, 0.3) is 0 Å². The summed E-state index contributed by atoms with van der Waals surface area (Å²) in [7, 11) is 1.22. The van der Waals surface area contributed by atoms with Crippen molar-refractivity contribution in [1.82, 2.24) is 0 Å². The van der Waals surface area contributed by atoms with E-state index >= 15 is 0 Å². The molecule has 0 aliphatic carbocycles. The zero-order valence-corrected chi connectivity index (χ0v) is 12.0. The third-order valence-corrected chi connectivity index (χ3v) is 3.18. The molecule has 0 saturated carbocycles. The minimum atomic E-state index is -1.27. The van der Waals surface area contributed by atoms with Gasteiger partial charge in [0.2, 0.25) is 6.29 Å². The van der Waals surface area contributed by atoms with Gasteiger partial charge in [-0.25, -0.2) is 4.79 Å². The highest BCUT2D eigenvalue weighted by atomic mass is 16.7. The van der Waals surface area contributed by atoms with E-state index in [2.05, 4.69) is 4.74 Å². The molecule has 0 amide bonds. The number of benzene rings is 1. The molecule has 0 aromatic heterocycles. The molecule has 0 spiro atoms. The monoisotopic (exact) mass is 313 g/mol. The molecule has 8 heteroatoms. The first-order chi connectivity index (χ1) is 10.5. The molecule has 1 aromatic rings. The number of rotatable bonds is 5. The summed E-state index contributed by atoms with van der Waals surface area (Å²) in [4.78, 5) is 11.1. The fourth-order valence-electron chi connectivity index (χ4n) is 1.99. The van der Waals surface area contributed by atoms with E-state index in [-0.39, 0.29) is 13.2 Å². The number of aliphatic hydroxyl groups excluding tert-OH is 2. The highest BCUT2D eigenvalue weighted by Gasteiger charge is 2.41. The molecule has 0 bridgehead atoms. The number of carbonyl (C=O) groups is 1. The van der Waals surface area contributed by atoms with Crippen molar-refractivity contribution >= 4 is 11.7 Å². The lowest BCUT2D eigenvalue weighted by Crippen LogP contribution is -2.56. The molecule has 1 unspecified atom stereocenters. The van der Waals surface area contributed by atoms with Crippen molar-refractivity contribution < 1.29 is 34.0 Å². The van der Waals surface area contributed by atoms with Crippen LogP contribution in [0.15, 0.2) is 24.3 Å². The third kappa shape index (κ3) is 4.08. The Morgan fingerprint density at radius 3 is 2.68 bits per heavy atom. The molecule has 1 heterocycles. The van der Waals surface area contributed by atoms with Crippen LogP contribution in [-0.4, -0.2) is 61.1 Å². The van der Waals surface area contributed by atoms with Crippen molar-refractivity contribution in [2.75, 3.05) is 26.1 Å². The molecule has 1 aromatic carbocycles. The maximum absolute atomic E-state index is 11.1. The van der Waals surface area contributed by atoms with Gasteiger partial charge in [0.15, 0.2) is 0 Å². The smallest absolute Gasteiger partial charge is 0.331 e. The Hall–Kier alpha value is -1.87.